The second-order valence-electron chi connectivity index (χ2n) is 4.27. The van der Waals surface area contributed by atoms with Crippen molar-refractivity contribution in [2.75, 3.05) is 10.6 Å². The number of carbonyl (C=O) groups is 1. The molecule has 0 fully saturated rings. The average molecular weight is 339 g/mol. The molecule has 1 aromatic carbocycles. The summed E-state index contributed by atoms with van der Waals surface area (Å²) in [6, 6.07) is 10.1. The zero-order valence-corrected chi connectivity index (χ0v) is 13.2. The number of aryl methyl sites for hydroxylation is 1. The fourth-order valence-electron chi connectivity index (χ4n) is 1.69. The van der Waals surface area contributed by atoms with E-state index < -0.39 is 0 Å². The number of carbonyl (C=O) groups excluding carboxylic acids is 1. The third kappa shape index (κ3) is 4.08. The molecule has 19 heavy (non-hydrogen) atoms. The predicted molar refractivity (Wildman–Crippen MR) is 84.8 cm³/mol. The zero-order chi connectivity index (χ0) is 13.8. The van der Waals surface area contributed by atoms with Crippen LogP contribution in [0.25, 0.3) is 0 Å². The summed E-state index contributed by atoms with van der Waals surface area (Å²) in [6.45, 7) is 4.27. The lowest BCUT2D eigenvalue weighted by molar-refractivity contribution is -0.114. The Kier molecular flexibility index (Phi) is 4.61. The molecule has 2 aromatic rings. The van der Waals surface area contributed by atoms with Crippen molar-refractivity contribution in [1.29, 1.82) is 0 Å². The molecule has 0 aliphatic carbocycles. The van der Waals surface area contributed by atoms with Gasteiger partial charge in [0.1, 0.15) is 0 Å². The molecule has 2 rings (SSSR count). The number of thiophene rings is 1. The Morgan fingerprint density at radius 1 is 1.32 bits per heavy atom. The van der Waals surface area contributed by atoms with E-state index in [2.05, 4.69) is 32.6 Å². The Labute approximate surface area is 125 Å². The van der Waals surface area contributed by atoms with Crippen molar-refractivity contribution < 1.29 is 4.79 Å². The predicted octanol–water partition coefficient (Wildman–Crippen LogP) is 4.39. The second-order valence-corrected chi connectivity index (χ2v) is 6.82. The van der Waals surface area contributed by atoms with Gasteiger partial charge < -0.3 is 10.6 Å². The van der Waals surface area contributed by atoms with Crippen LogP contribution in [0, 0.1) is 6.92 Å². The van der Waals surface area contributed by atoms with Crippen LogP contribution in [-0.4, -0.2) is 5.91 Å². The maximum absolute atomic E-state index is 11.1. The van der Waals surface area contributed by atoms with Gasteiger partial charge in [-0.05, 0) is 52.7 Å². The number of nitrogens with one attached hydrogen (secondary N) is 2. The highest BCUT2D eigenvalue weighted by molar-refractivity contribution is 9.11. The van der Waals surface area contributed by atoms with Crippen molar-refractivity contribution >= 4 is 44.5 Å². The van der Waals surface area contributed by atoms with Gasteiger partial charge in [0.15, 0.2) is 0 Å². The van der Waals surface area contributed by atoms with Gasteiger partial charge in [-0.1, -0.05) is 6.07 Å². The molecule has 0 saturated heterocycles. The molecule has 0 unspecified atom stereocenters. The third-order valence-electron chi connectivity index (χ3n) is 2.64. The van der Waals surface area contributed by atoms with Gasteiger partial charge >= 0.3 is 0 Å². The van der Waals surface area contributed by atoms with Gasteiger partial charge in [0.05, 0.1) is 3.79 Å². The maximum atomic E-state index is 11.1. The molecule has 0 saturated carbocycles. The van der Waals surface area contributed by atoms with Gasteiger partial charge in [-0.25, -0.2) is 0 Å². The number of benzene rings is 1. The van der Waals surface area contributed by atoms with Crippen molar-refractivity contribution in [3.63, 3.8) is 0 Å². The van der Waals surface area contributed by atoms with Crippen molar-refractivity contribution in [2.24, 2.45) is 0 Å². The first kappa shape index (κ1) is 14.1. The summed E-state index contributed by atoms with van der Waals surface area (Å²) in [4.78, 5) is 12.4. The standard InChI is InChI=1S/C14H15BrN2OS/c1-9-3-4-11(7-13(9)17-10(2)18)16-8-12-5-6-14(15)19-12/h3-7,16H,8H2,1-2H3,(H,17,18). The third-order valence-corrected chi connectivity index (χ3v) is 4.27. The lowest BCUT2D eigenvalue weighted by atomic mass is 10.1. The van der Waals surface area contributed by atoms with Crippen LogP contribution in [-0.2, 0) is 11.3 Å². The minimum atomic E-state index is -0.0533. The summed E-state index contributed by atoms with van der Waals surface area (Å²) in [5.74, 6) is -0.0533. The average Bonchev–Trinajstić information content (AvgIpc) is 2.75. The van der Waals surface area contributed by atoms with Gasteiger partial charge in [0, 0.05) is 29.7 Å². The van der Waals surface area contributed by atoms with Gasteiger partial charge in [0.25, 0.3) is 0 Å². The minimum absolute atomic E-state index is 0.0533. The van der Waals surface area contributed by atoms with Crippen LogP contribution < -0.4 is 10.6 Å². The molecular weight excluding hydrogens is 324 g/mol. The van der Waals surface area contributed by atoms with Crippen LogP contribution >= 0.6 is 27.3 Å². The molecule has 0 aliphatic rings. The van der Waals surface area contributed by atoms with E-state index in [1.54, 1.807) is 11.3 Å². The largest absolute Gasteiger partial charge is 0.380 e. The monoisotopic (exact) mass is 338 g/mol. The summed E-state index contributed by atoms with van der Waals surface area (Å²) in [5.41, 5.74) is 2.91. The van der Waals surface area contributed by atoms with Crippen LogP contribution in [0.1, 0.15) is 17.4 Å². The molecule has 0 atom stereocenters. The molecular formula is C14H15BrN2OS. The maximum Gasteiger partial charge on any atom is 0.221 e. The number of rotatable bonds is 4. The Morgan fingerprint density at radius 2 is 2.11 bits per heavy atom. The number of halogens is 1. The number of hydrogen-bond donors (Lipinski definition) is 2. The molecule has 1 heterocycles. The first-order valence-corrected chi connectivity index (χ1v) is 7.52. The zero-order valence-electron chi connectivity index (χ0n) is 10.8. The fourth-order valence-corrected chi connectivity index (χ4v) is 3.12. The highest BCUT2D eigenvalue weighted by Gasteiger charge is 2.03. The van der Waals surface area contributed by atoms with E-state index in [1.165, 1.54) is 11.8 Å². The fraction of sp³-hybridized carbons (Fsp3) is 0.214. The van der Waals surface area contributed by atoms with Crippen LogP contribution in [0.5, 0.6) is 0 Å². The highest BCUT2D eigenvalue weighted by atomic mass is 79.9. The molecule has 5 heteroatoms. The van der Waals surface area contributed by atoms with Crippen molar-refractivity contribution in [3.8, 4) is 0 Å². The Hall–Kier alpha value is -1.33. The van der Waals surface area contributed by atoms with Crippen LogP contribution in [0.15, 0.2) is 34.1 Å². The summed E-state index contributed by atoms with van der Waals surface area (Å²) in [6.07, 6.45) is 0. The normalized spacial score (nSPS) is 10.3. The molecule has 0 aliphatic heterocycles. The molecule has 1 aromatic heterocycles. The Morgan fingerprint density at radius 3 is 2.74 bits per heavy atom. The van der Waals surface area contributed by atoms with Crippen LogP contribution in [0.4, 0.5) is 11.4 Å². The molecule has 3 nitrogen and oxygen atoms in total. The number of hydrogen-bond acceptors (Lipinski definition) is 3. The van der Waals surface area contributed by atoms with Gasteiger partial charge in [-0.3, -0.25) is 4.79 Å². The lowest BCUT2D eigenvalue weighted by Crippen LogP contribution is -2.07. The first-order chi connectivity index (χ1) is 9.04. The molecule has 0 spiro atoms. The highest BCUT2D eigenvalue weighted by Crippen LogP contribution is 2.24. The molecule has 0 bridgehead atoms. The molecule has 0 radical (unpaired) electrons. The second kappa shape index (κ2) is 6.21. The quantitative estimate of drug-likeness (QED) is 0.867. The lowest BCUT2D eigenvalue weighted by Gasteiger charge is -2.10. The van der Waals surface area contributed by atoms with Crippen LogP contribution in [0.3, 0.4) is 0 Å². The van der Waals surface area contributed by atoms with Gasteiger partial charge in [-0.2, -0.15) is 0 Å². The molecule has 100 valence electrons. The van der Waals surface area contributed by atoms with Crippen molar-refractivity contribution in [3.05, 3.63) is 44.6 Å². The first-order valence-electron chi connectivity index (χ1n) is 5.91. The molecule has 2 N–H and O–H groups in total. The summed E-state index contributed by atoms with van der Waals surface area (Å²) in [5, 5.41) is 6.19. The number of amides is 1. The molecule has 1 amide bonds. The number of anilines is 2. The van der Waals surface area contributed by atoms with Crippen molar-refractivity contribution in [2.45, 2.75) is 20.4 Å². The van der Waals surface area contributed by atoms with E-state index in [-0.39, 0.29) is 5.91 Å². The van der Waals surface area contributed by atoms with E-state index in [9.17, 15) is 4.79 Å². The summed E-state index contributed by atoms with van der Waals surface area (Å²) >= 11 is 5.16. The van der Waals surface area contributed by atoms with Crippen molar-refractivity contribution in [1.82, 2.24) is 0 Å². The van der Waals surface area contributed by atoms with E-state index >= 15 is 0 Å². The SMILES string of the molecule is CC(=O)Nc1cc(NCc2ccc(Br)s2)ccc1C. The van der Waals surface area contributed by atoms with Crippen LogP contribution in [0.2, 0.25) is 0 Å². The van der Waals surface area contributed by atoms with E-state index in [0.717, 1.165) is 27.3 Å². The van der Waals surface area contributed by atoms with E-state index in [0.29, 0.717) is 0 Å². The smallest absolute Gasteiger partial charge is 0.221 e. The summed E-state index contributed by atoms with van der Waals surface area (Å²) in [7, 11) is 0. The topological polar surface area (TPSA) is 41.1 Å². The summed E-state index contributed by atoms with van der Waals surface area (Å²) < 4.78 is 1.13. The van der Waals surface area contributed by atoms with Gasteiger partial charge in [-0.15, -0.1) is 11.3 Å². The Balaban J connectivity index is 2.06. The van der Waals surface area contributed by atoms with Gasteiger partial charge in [0.2, 0.25) is 5.91 Å². The Bertz CT molecular complexity index is 595. The minimum Gasteiger partial charge on any atom is -0.380 e. The van der Waals surface area contributed by atoms with E-state index in [4.69, 9.17) is 0 Å². The van der Waals surface area contributed by atoms with E-state index in [1.807, 2.05) is 31.2 Å².